The van der Waals surface area contributed by atoms with Crippen LogP contribution in [0.1, 0.15) is 36.7 Å². The third-order valence-electron chi connectivity index (χ3n) is 2.04. The molecule has 88 valence electrons. The Labute approximate surface area is 89.3 Å². The van der Waals surface area contributed by atoms with Gasteiger partial charge in [0, 0.05) is 16.2 Å². The van der Waals surface area contributed by atoms with E-state index in [0.29, 0.717) is 5.69 Å². The van der Waals surface area contributed by atoms with Crippen molar-refractivity contribution in [1.29, 1.82) is 0 Å². The number of hydrogen-bond donors (Lipinski definition) is 1. The Morgan fingerprint density at radius 2 is 2.12 bits per heavy atom. The standard InChI is InChI=1S/C8H10F3N5/c1-4(2)6-5(3-13-16-12)7(15-14-6)8(9,10)11/h4H,3H2,1-2H3,(H,14,15). The number of rotatable bonds is 3. The van der Waals surface area contributed by atoms with E-state index < -0.39 is 11.9 Å². The predicted molar refractivity (Wildman–Crippen MR) is 50.5 cm³/mol. The van der Waals surface area contributed by atoms with Crippen LogP contribution in [0.4, 0.5) is 13.2 Å². The van der Waals surface area contributed by atoms with Gasteiger partial charge in [0.05, 0.1) is 6.54 Å². The second-order valence-corrected chi connectivity index (χ2v) is 3.51. The molecular weight excluding hydrogens is 223 g/mol. The molecule has 1 aromatic rings. The van der Waals surface area contributed by atoms with Crippen molar-refractivity contribution in [3.05, 3.63) is 27.4 Å². The fourth-order valence-corrected chi connectivity index (χ4v) is 1.35. The zero-order valence-corrected chi connectivity index (χ0v) is 8.71. The van der Waals surface area contributed by atoms with Crippen LogP contribution in [0.15, 0.2) is 5.11 Å². The largest absolute Gasteiger partial charge is 0.435 e. The highest BCUT2D eigenvalue weighted by molar-refractivity contribution is 5.29. The molecule has 1 N–H and O–H groups in total. The molecule has 16 heavy (non-hydrogen) atoms. The van der Waals surface area contributed by atoms with Gasteiger partial charge in [-0.25, -0.2) is 0 Å². The molecule has 0 atom stereocenters. The molecule has 0 fully saturated rings. The first-order chi connectivity index (χ1) is 7.38. The molecule has 0 aromatic carbocycles. The lowest BCUT2D eigenvalue weighted by molar-refractivity contribution is -0.141. The van der Waals surface area contributed by atoms with Crippen LogP contribution in [-0.4, -0.2) is 10.2 Å². The number of aromatic nitrogens is 2. The maximum atomic E-state index is 12.5. The number of nitrogens with zero attached hydrogens (tertiary/aromatic N) is 4. The van der Waals surface area contributed by atoms with Crippen molar-refractivity contribution in [2.75, 3.05) is 0 Å². The molecule has 0 spiro atoms. The summed E-state index contributed by atoms with van der Waals surface area (Å²) in [5, 5.41) is 8.72. The van der Waals surface area contributed by atoms with Gasteiger partial charge in [0.15, 0.2) is 5.69 Å². The molecule has 0 amide bonds. The summed E-state index contributed by atoms with van der Waals surface area (Å²) in [5.74, 6) is -0.146. The highest BCUT2D eigenvalue weighted by Crippen LogP contribution is 2.33. The number of aromatic amines is 1. The van der Waals surface area contributed by atoms with Gasteiger partial charge in [0.2, 0.25) is 0 Å². The monoisotopic (exact) mass is 233 g/mol. The number of azide groups is 1. The van der Waals surface area contributed by atoms with Crippen LogP contribution in [0, 0.1) is 0 Å². The molecule has 0 aliphatic rings. The minimum absolute atomic E-state index is 0.0831. The summed E-state index contributed by atoms with van der Waals surface area (Å²) in [6.07, 6.45) is -4.54. The van der Waals surface area contributed by atoms with E-state index in [1.807, 2.05) is 0 Å². The van der Waals surface area contributed by atoms with Crippen LogP contribution < -0.4 is 0 Å². The van der Waals surface area contributed by atoms with Crippen molar-refractivity contribution < 1.29 is 13.2 Å². The van der Waals surface area contributed by atoms with Gasteiger partial charge in [-0.05, 0) is 11.4 Å². The summed E-state index contributed by atoms with van der Waals surface area (Å²) < 4.78 is 37.6. The van der Waals surface area contributed by atoms with Crippen LogP contribution in [0.2, 0.25) is 0 Å². The third kappa shape index (κ3) is 2.46. The first-order valence-corrected chi connectivity index (χ1v) is 4.53. The van der Waals surface area contributed by atoms with Gasteiger partial charge in [-0.2, -0.15) is 18.3 Å². The van der Waals surface area contributed by atoms with Crippen LogP contribution in [0.5, 0.6) is 0 Å². The summed E-state index contributed by atoms with van der Waals surface area (Å²) in [7, 11) is 0. The van der Waals surface area contributed by atoms with Gasteiger partial charge in [-0.3, -0.25) is 5.10 Å². The first kappa shape index (κ1) is 12.4. The van der Waals surface area contributed by atoms with Gasteiger partial charge < -0.3 is 0 Å². The van der Waals surface area contributed by atoms with Crippen LogP contribution >= 0.6 is 0 Å². The van der Waals surface area contributed by atoms with E-state index in [1.165, 1.54) is 0 Å². The summed E-state index contributed by atoms with van der Waals surface area (Å²) in [5.41, 5.74) is 7.39. The van der Waals surface area contributed by atoms with Gasteiger partial charge in [0.25, 0.3) is 0 Å². The maximum Gasteiger partial charge on any atom is 0.435 e. The number of halogens is 3. The lowest BCUT2D eigenvalue weighted by Crippen LogP contribution is -2.09. The van der Waals surface area contributed by atoms with E-state index in [0.717, 1.165) is 0 Å². The molecule has 0 radical (unpaired) electrons. The van der Waals surface area contributed by atoms with Gasteiger partial charge in [-0.15, -0.1) is 0 Å². The van der Waals surface area contributed by atoms with E-state index in [-0.39, 0.29) is 18.0 Å². The lowest BCUT2D eigenvalue weighted by Gasteiger charge is -2.07. The molecule has 1 aromatic heterocycles. The number of hydrogen-bond acceptors (Lipinski definition) is 2. The number of alkyl halides is 3. The van der Waals surface area contributed by atoms with Crippen LogP contribution in [-0.2, 0) is 12.7 Å². The van der Waals surface area contributed by atoms with Crippen LogP contribution in [0.25, 0.3) is 10.4 Å². The zero-order valence-electron chi connectivity index (χ0n) is 8.71. The minimum Gasteiger partial charge on any atom is -0.281 e. The fraction of sp³-hybridized carbons (Fsp3) is 0.625. The summed E-state index contributed by atoms with van der Waals surface area (Å²) >= 11 is 0. The maximum absolute atomic E-state index is 12.5. The Balaban J connectivity index is 3.24. The molecule has 0 bridgehead atoms. The van der Waals surface area contributed by atoms with Crippen LogP contribution in [0.3, 0.4) is 0 Å². The Hall–Kier alpha value is -1.69. The molecule has 8 heteroatoms. The third-order valence-corrected chi connectivity index (χ3v) is 2.04. The molecule has 0 aliphatic carbocycles. The average Bonchev–Trinajstić information content (AvgIpc) is 2.57. The molecule has 5 nitrogen and oxygen atoms in total. The first-order valence-electron chi connectivity index (χ1n) is 4.53. The number of nitrogens with one attached hydrogen (secondary N) is 1. The van der Waals surface area contributed by atoms with Crippen molar-refractivity contribution in [1.82, 2.24) is 10.2 Å². The normalized spacial score (nSPS) is 11.6. The van der Waals surface area contributed by atoms with Crippen molar-refractivity contribution in [3.63, 3.8) is 0 Å². The SMILES string of the molecule is CC(C)c1[nH]nc(C(F)(F)F)c1CN=[N+]=[N-]. The Bertz CT molecular complexity index is 414. The smallest absolute Gasteiger partial charge is 0.281 e. The van der Waals surface area contributed by atoms with Crippen molar-refractivity contribution in [3.8, 4) is 0 Å². The van der Waals surface area contributed by atoms with Gasteiger partial charge in [0.1, 0.15) is 0 Å². The van der Waals surface area contributed by atoms with Crippen molar-refractivity contribution in [2.24, 2.45) is 5.11 Å². The molecule has 1 heterocycles. The summed E-state index contributed by atoms with van der Waals surface area (Å²) in [4.78, 5) is 2.45. The van der Waals surface area contributed by atoms with Crippen molar-refractivity contribution in [2.45, 2.75) is 32.5 Å². The number of H-pyrrole nitrogens is 1. The second-order valence-electron chi connectivity index (χ2n) is 3.51. The molecule has 0 aliphatic heterocycles. The minimum atomic E-state index is -4.54. The van der Waals surface area contributed by atoms with Crippen molar-refractivity contribution >= 4 is 0 Å². The highest BCUT2D eigenvalue weighted by atomic mass is 19.4. The lowest BCUT2D eigenvalue weighted by atomic mass is 10.0. The Morgan fingerprint density at radius 1 is 1.50 bits per heavy atom. The zero-order chi connectivity index (χ0) is 12.3. The summed E-state index contributed by atoms with van der Waals surface area (Å²) in [6, 6.07) is 0. The molecular formula is C8H10F3N5. The van der Waals surface area contributed by atoms with E-state index >= 15 is 0 Å². The Kier molecular flexibility index (Phi) is 3.44. The van der Waals surface area contributed by atoms with Gasteiger partial charge in [-0.1, -0.05) is 19.0 Å². The second kappa shape index (κ2) is 4.44. The van der Waals surface area contributed by atoms with Gasteiger partial charge >= 0.3 is 6.18 Å². The topological polar surface area (TPSA) is 77.4 Å². The van der Waals surface area contributed by atoms with E-state index in [9.17, 15) is 13.2 Å². The molecule has 0 unspecified atom stereocenters. The molecule has 0 saturated heterocycles. The summed E-state index contributed by atoms with van der Waals surface area (Å²) in [6.45, 7) is 3.11. The van der Waals surface area contributed by atoms with E-state index in [4.69, 9.17) is 5.53 Å². The quantitative estimate of drug-likeness (QED) is 0.485. The average molecular weight is 233 g/mol. The van der Waals surface area contributed by atoms with E-state index in [2.05, 4.69) is 20.2 Å². The predicted octanol–water partition coefficient (Wildman–Crippen LogP) is 3.36. The molecule has 1 rings (SSSR count). The highest BCUT2D eigenvalue weighted by Gasteiger charge is 2.37. The Morgan fingerprint density at radius 3 is 2.56 bits per heavy atom. The fourth-order valence-electron chi connectivity index (χ4n) is 1.35. The van der Waals surface area contributed by atoms with E-state index in [1.54, 1.807) is 13.8 Å². The molecule has 0 saturated carbocycles.